The van der Waals surface area contributed by atoms with E-state index in [2.05, 4.69) is 30.6 Å². The summed E-state index contributed by atoms with van der Waals surface area (Å²) in [6, 6.07) is 15.2. The molecule has 0 aliphatic carbocycles. The highest BCUT2D eigenvalue weighted by Crippen LogP contribution is 2.27. The summed E-state index contributed by atoms with van der Waals surface area (Å²) in [5, 5.41) is 10.8. The van der Waals surface area contributed by atoms with E-state index in [1.54, 1.807) is 61.8 Å². The van der Waals surface area contributed by atoms with E-state index < -0.39 is 10.0 Å². The summed E-state index contributed by atoms with van der Waals surface area (Å²) in [7, 11) is -2.09. The number of nitrogens with one attached hydrogen (secondary N) is 4. The largest absolute Gasteiger partial charge is 0.354 e. The third-order valence-electron chi connectivity index (χ3n) is 5.05. The minimum absolute atomic E-state index is 0.175. The number of sulfonamides is 1. The van der Waals surface area contributed by atoms with Gasteiger partial charge in [0.1, 0.15) is 10.7 Å². The van der Waals surface area contributed by atoms with Crippen LogP contribution < -0.4 is 20.7 Å². The zero-order chi connectivity index (χ0) is 25.0. The SMILES string of the molecule is CNC(=O)c1sccc1Nc1nc(Nc2ccc(NS(=O)(=O)c3ccc(C)cc3)cc2)ncc1C. The van der Waals surface area contributed by atoms with E-state index in [0.29, 0.717) is 33.7 Å². The molecule has 2 heterocycles. The van der Waals surface area contributed by atoms with Crippen molar-refractivity contribution in [3.8, 4) is 0 Å². The molecule has 0 saturated heterocycles. The van der Waals surface area contributed by atoms with Crippen molar-refractivity contribution < 1.29 is 13.2 Å². The maximum Gasteiger partial charge on any atom is 0.263 e. The summed E-state index contributed by atoms with van der Waals surface area (Å²) in [4.78, 5) is 21.7. The third kappa shape index (κ3) is 5.76. The molecular weight excluding hydrogens is 484 g/mol. The van der Waals surface area contributed by atoms with E-state index >= 15 is 0 Å². The Balaban J connectivity index is 1.47. The fourth-order valence-corrected chi connectivity index (χ4v) is 4.99. The smallest absolute Gasteiger partial charge is 0.263 e. The number of hydrogen-bond acceptors (Lipinski definition) is 8. The molecule has 2 aromatic carbocycles. The zero-order valence-corrected chi connectivity index (χ0v) is 20.9. The Labute approximate surface area is 207 Å². The number of nitrogens with zero attached hydrogens (tertiary/aromatic N) is 2. The lowest BCUT2D eigenvalue weighted by Crippen LogP contribution is -2.17. The fourth-order valence-electron chi connectivity index (χ4n) is 3.14. The van der Waals surface area contributed by atoms with Crippen molar-refractivity contribution in [2.45, 2.75) is 18.7 Å². The Morgan fingerprint density at radius 1 is 0.914 bits per heavy atom. The maximum absolute atomic E-state index is 12.6. The number of hydrogen-bond donors (Lipinski definition) is 4. The van der Waals surface area contributed by atoms with Crippen molar-refractivity contribution in [3.05, 3.63) is 82.2 Å². The molecule has 0 spiro atoms. The van der Waals surface area contributed by atoms with Crippen LogP contribution in [0.5, 0.6) is 0 Å². The summed E-state index contributed by atoms with van der Waals surface area (Å²) in [6.45, 7) is 3.77. The molecule has 35 heavy (non-hydrogen) atoms. The molecule has 0 aliphatic rings. The molecule has 0 unspecified atom stereocenters. The van der Waals surface area contributed by atoms with E-state index in [-0.39, 0.29) is 10.8 Å². The van der Waals surface area contributed by atoms with Gasteiger partial charge in [-0.1, -0.05) is 17.7 Å². The predicted molar refractivity (Wildman–Crippen MR) is 139 cm³/mol. The zero-order valence-electron chi connectivity index (χ0n) is 19.3. The summed E-state index contributed by atoms with van der Waals surface area (Å²) in [5.74, 6) is 0.738. The van der Waals surface area contributed by atoms with E-state index in [4.69, 9.17) is 0 Å². The molecule has 180 valence electrons. The van der Waals surface area contributed by atoms with Crippen molar-refractivity contribution >= 4 is 56.1 Å². The number of rotatable bonds is 8. The number of carbonyl (C=O) groups excluding carboxylic acids is 1. The molecule has 4 N–H and O–H groups in total. The minimum atomic E-state index is -3.68. The van der Waals surface area contributed by atoms with Crippen LogP contribution in [0.4, 0.5) is 28.8 Å². The standard InChI is InChI=1S/C24H24N6O3S2/c1-15-4-10-19(11-5-15)35(32,33)30-18-8-6-17(7-9-18)27-24-26-14-16(2)22(29-24)28-20-12-13-34-21(20)23(31)25-3/h4-14,30H,1-3H3,(H,25,31)(H2,26,27,28,29). The van der Waals surface area contributed by atoms with E-state index in [9.17, 15) is 13.2 Å². The molecule has 1 amide bonds. The first-order chi connectivity index (χ1) is 16.7. The Kier molecular flexibility index (Phi) is 6.99. The fraction of sp³-hybridized carbons (Fsp3) is 0.125. The monoisotopic (exact) mass is 508 g/mol. The Morgan fingerprint density at radius 3 is 2.29 bits per heavy atom. The Morgan fingerprint density at radius 2 is 1.60 bits per heavy atom. The number of thiophene rings is 1. The Hall–Kier alpha value is -3.96. The summed E-state index contributed by atoms with van der Waals surface area (Å²) >= 11 is 1.34. The first-order valence-electron chi connectivity index (χ1n) is 10.6. The van der Waals surface area contributed by atoms with Gasteiger partial charge in [0.05, 0.1) is 10.6 Å². The number of benzene rings is 2. The van der Waals surface area contributed by atoms with Gasteiger partial charge in [-0.25, -0.2) is 13.4 Å². The highest BCUT2D eigenvalue weighted by molar-refractivity contribution is 7.92. The third-order valence-corrected chi connectivity index (χ3v) is 7.36. The van der Waals surface area contributed by atoms with Gasteiger partial charge in [-0.05, 0) is 61.7 Å². The molecule has 4 aromatic rings. The van der Waals surface area contributed by atoms with Gasteiger partial charge < -0.3 is 16.0 Å². The van der Waals surface area contributed by atoms with Crippen molar-refractivity contribution in [2.24, 2.45) is 0 Å². The van der Waals surface area contributed by atoms with Crippen LogP contribution in [0.1, 0.15) is 20.8 Å². The van der Waals surface area contributed by atoms with Crippen LogP contribution in [0.25, 0.3) is 0 Å². The molecule has 0 fully saturated rings. The van der Waals surface area contributed by atoms with E-state index in [0.717, 1.165) is 11.1 Å². The summed E-state index contributed by atoms with van der Waals surface area (Å²) in [6.07, 6.45) is 1.67. The predicted octanol–water partition coefficient (Wildman–Crippen LogP) is 4.80. The van der Waals surface area contributed by atoms with Crippen molar-refractivity contribution in [3.63, 3.8) is 0 Å². The van der Waals surface area contributed by atoms with Gasteiger partial charge in [0, 0.05) is 30.2 Å². The number of carbonyl (C=O) groups is 1. The molecule has 0 atom stereocenters. The van der Waals surface area contributed by atoms with Gasteiger partial charge >= 0.3 is 0 Å². The second-order valence-electron chi connectivity index (χ2n) is 7.71. The van der Waals surface area contributed by atoms with Gasteiger partial charge in [-0.2, -0.15) is 4.98 Å². The second kappa shape index (κ2) is 10.1. The number of aryl methyl sites for hydroxylation is 2. The van der Waals surface area contributed by atoms with Crippen LogP contribution in [0, 0.1) is 13.8 Å². The molecule has 9 nitrogen and oxygen atoms in total. The first kappa shape index (κ1) is 24.2. The van der Waals surface area contributed by atoms with Gasteiger partial charge in [0.2, 0.25) is 5.95 Å². The van der Waals surface area contributed by atoms with Crippen LogP contribution in [-0.2, 0) is 10.0 Å². The van der Waals surface area contributed by atoms with Crippen LogP contribution >= 0.6 is 11.3 Å². The van der Waals surface area contributed by atoms with Crippen molar-refractivity contribution in [1.29, 1.82) is 0 Å². The quantitative estimate of drug-likeness (QED) is 0.269. The maximum atomic E-state index is 12.6. The van der Waals surface area contributed by atoms with E-state index in [1.165, 1.54) is 11.3 Å². The van der Waals surface area contributed by atoms with Gasteiger partial charge in [0.15, 0.2) is 0 Å². The summed E-state index contributed by atoms with van der Waals surface area (Å²) < 4.78 is 27.8. The molecule has 11 heteroatoms. The topological polar surface area (TPSA) is 125 Å². The van der Waals surface area contributed by atoms with Gasteiger partial charge in [0.25, 0.3) is 15.9 Å². The molecule has 2 aromatic heterocycles. The molecule has 0 radical (unpaired) electrons. The number of anilines is 5. The second-order valence-corrected chi connectivity index (χ2v) is 10.3. The van der Waals surface area contributed by atoms with E-state index in [1.807, 2.05) is 25.3 Å². The minimum Gasteiger partial charge on any atom is -0.354 e. The van der Waals surface area contributed by atoms with Crippen molar-refractivity contribution in [1.82, 2.24) is 15.3 Å². The highest BCUT2D eigenvalue weighted by Gasteiger charge is 2.15. The number of amides is 1. The molecular formula is C24H24N6O3S2. The molecule has 0 bridgehead atoms. The lowest BCUT2D eigenvalue weighted by Gasteiger charge is -2.12. The number of aromatic nitrogens is 2. The lowest BCUT2D eigenvalue weighted by atomic mass is 10.2. The van der Waals surface area contributed by atoms with Crippen molar-refractivity contribution in [2.75, 3.05) is 22.4 Å². The average molecular weight is 509 g/mol. The van der Waals surface area contributed by atoms with Gasteiger partial charge in [-0.15, -0.1) is 11.3 Å². The molecule has 4 rings (SSSR count). The molecule has 0 saturated carbocycles. The van der Waals surface area contributed by atoms with Crippen LogP contribution in [0.2, 0.25) is 0 Å². The van der Waals surface area contributed by atoms with Crippen LogP contribution in [0.15, 0.2) is 71.1 Å². The normalized spacial score (nSPS) is 11.1. The average Bonchev–Trinajstić information content (AvgIpc) is 3.30. The highest BCUT2D eigenvalue weighted by atomic mass is 32.2. The van der Waals surface area contributed by atoms with Crippen LogP contribution in [0.3, 0.4) is 0 Å². The summed E-state index contributed by atoms with van der Waals surface area (Å²) in [5.41, 5.74) is 3.57. The van der Waals surface area contributed by atoms with Crippen LogP contribution in [-0.4, -0.2) is 31.3 Å². The first-order valence-corrected chi connectivity index (χ1v) is 13.0. The lowest BCUT2D eigenvalue weighted by molar-refractivity contribution is 0.0968. The van der Waals surface area contributed by atoms with Gasteiger partial charge in [-0.3, -0.25) is 9.52 Å². The Bertz CT molecular complexity index is 1450. The molecule has 0 aliphatic heterocycles.